The Labute approximate surface area is 99.5 Å². The highest BCUT2D eigenvalue weighted by molar-refractivity contribution is 6.30. The van der Waals surface area contributed by atoms with Crippen LogP contribution in [0.25, 0.3) is 0 Å². The first-order valence-corrected chi connectivity index (χ1v) is 5.30. The van der Waals surface area contributed by atoms with E-state index in [9.17, 15) is 10.2 Å². The zero-order valence-corrected chi connectivity index (χ0v) is 10.3. The molecule has 0 saturated carbocycles. The summed E-state index contributed by atoms with van der Waals surface area (Å²) in [6.45, 7) is 4.79. The van der Waals surface area contributed by atoms with Crippen molar-refractivity contribution < 1.29 is 10.2 Å². The zero-order chi connectivity index (χ0) is 12.3. The molecule has 1 heterocycles. The van der Waals surface area contributed by atoms with Crippen molar-refractivity contribution in [2.24, 2.45) is 0 Å². The van der Waals surface area contributed by atoms with E-state index in [1.54, 1.807) is 20.8 Å². The summed E-state index contributed by atoms with van der Waals surface area (Å²) in [6, 6.07) is 0. The number of rotatable bonds is 4. The molecule has 16 heavy (non-hydrogen) atoms. The summed E-state index contributed by atoms with van der Waals surface area (Å²) in [5.41, 5.74) is -0.130. The van der Waals surface area contributed by atoms with Crippen LogP contribution >= 0.6 is 11.6 Å². The predicted octanol–water partition coefficient (Wildman–Crippen LogP) is 0.902. The Morgan fingerprint density at radius 1 is 1.25 bits per heavy atom. The highest BCUT2D eigenvalue weighted by Gasteiger charge is 2.24. The van der Waals surface area contributed by atoms with Crippen molar-refractivity contribution in [3.05, 3.63) is 16.5 Å². The van der Waals surface area contributed by atoms with Gasteiger partial charge < -0.3 is 15.5 Å². The maximum Gasteiger partial charge on any atom is 0.137 e. The molecule has 6 heteroatoms. The van der Waals surface area contributed by atoms with Gasteiger partial charge in [0, 0.05) is 5.56 Å². The number of hydrogen-bond donors (Lipinski definition) is 3. The molecule has 0 saturated heterocycles. The molecule has 0 bridgehead atoms. The van der Waals surface area contributed by atoms with Crippen LogP contribution in [0.5, 0.6) is 0 Å². The Balaban J connectivity index is 3.05. The number of hydrogen-bond acceptors (Lipinski definition) is 5. The van der Waals surface area contributed by atoms with Gasteiger partial charge in [0.1, 0.15) is 16.8 Å². The molecule has 0 aliphatic rings. The van der Waals surface area contributed by atoms with Gasteiger partial charge in [0.15, 0.2) is 0 Å². The van der Waals surface area contributed by atoms with E-state index in [2.05, 4.69) is 15.3 Å². The van der Waals surface area contributed by atoms with Gasteiger partial charge in [-0.15, -0.1) is 0 Å². The highest BCUT2D eigenvalue weighted by Crippen LogP contribution is 2.22. The second-order valence-electron chi connectivity index (χ2n) is 4.04. The van der Waals surface area contributed by atoms with Crippen LogP contribution in [-0.2, 0) is 0 Å². The van der Waals surface area contributed by atoms with E-state index in [0.717, 1.165) is 0 Å². The number of halogens is 1. The molecule has 1 aromatic heterocycles. The predicted molar refractivity (Wildman–Crippen MR) is 62.7 cm³/mol. The largest absolute Gasteiger partial charge is 0.394 e. The van der Waals surface area contributed by atoms with E-state index < -0.39 is 5.54 Å². The molecule has 0 atom stereocenters. The lowest BCUT2D eigenvalue weighted by atomic mass is 10.1. The normalized spacial score (nSPS) is 11.6. The van der Waals surface area contributed by atoms with Gasteiger partial charge in [-0.2, -0.15) is 0 Å². The number of aromatic nitrogens is 2. The van der Waals surface area contributed by atoms with Gasteiger partial charge >= 0.3 is 0 Å². The van der Waals surface area contributed by atoms with Gasteiger partial charge in [0.25, 0.3) is 0 Å². The lowest BCUT2D eigenvalue weighted by molar-refractivity contribution is 0.147. The number of nitrogens with one attached hydrogen (secondary N) is 1. The van der Waals surface area contributed by atoms with E-state index in [1.165, 1.54) is 0 Å². The molecule has 0 aromatic carbocycles. The van der Waals surface area contributed by atoms with Crippen molar-refractivity contribution in [1.29, 1.82) is 0 Å². The van der Waals surface area contributed by atoms with E-state index in [-0.39, 0.29) is 13.2 Å². The van der Waals surface area contributed by atoms with E-state index in [4.69, 9.17) is 11.6 Å². The van der Waals surface area contributed by atoms with Gasteiger partial charge in [-0.05, 0) is 20.8 Å². The average molecular weight is 246 g/mol. The third kappa shape index (κ3) is 2.81. The number of aryl methyl sites for hydroxylation is 1. The minimum atomic E-state index is -0.825. The number of nitrogens with zero attached hydrogens (tertiary/aromatic N) is 2. The third-order valence-electron chi connectivity index (χ3n) is 2.32. The van der Waals surface area contributed by atoms with Crippen molar-refractivity contribution in [1.82, 2.24) is 9.97 Å². The molecular weight excluding hydrogens is 230 g/mol. The summed E-state index contributed by atoms with van der Waals surface area (Å²) in [7, 11) is 0. The van der Waals surface area contributed by atoms with Gasteiger partial charge in [0.2, 0.25) is 0 Å². The van der Waals surface area contributed by atoms with Crippen LogP contribution in [0.4, 0.5) is 5.82 Å². The lowest BCUT2D eigenvalue weighted by Crippen LogP contribution is -2.43. The highest BCUT2D eigenvalue weighted by atomic mass is 35.5. The molecule has 1 aromatic rings. The van der Waals surface area contributed by atoms with Crippen molar-refractivity contribution >= 4 is 17.4 Å². The monoisotopic (exact) mass is 245 g/mol. The van der Waals surface area contributed by atoms with E-state index in [1.807, 2.05) is 0 Å². The topological polar surface area (TPSA) is 78.3 Å². The van der Waals surface area contributed by atoms with Crippen molar-refractivity contribution in [2.45, 2.75) is 26.3 Å². The van der Waals surface area contributed by atoms with E-state index >= 15 is 0 Å². The molecule has 5 nitrogen and oxygen atoms in total. The summed E-state index contributed by atoms with van der Waals surface area (Å²) in [4.78, 5) is 8.19. The summed E-state index contributed by atoms with van der Waals surface area (Å²) in [6.07, 6.45) is 0. The van der Waals surface area contributed by atoms with Gasteiger partial charge in [-0.3, -0.25) is 0 Å². The molecule has 0 aliphatic carbocycles. The van der Waals surface area contributed by atoms with Crippen LogP contribution in [0.3, 0.4) is 0 Å². The second kappa shape index (κ2) is 4.95. The molecule has 0 fully saturated rings. The third-order valence-corrected chi connectivity index (χ3v) is 2.68. The molecule has 0 radical (unpaired) electrons. The molecule has 90 valence electrons. The Morgan fingerprint density at radius 3 is 2.31 bits per heavy atom. The first-order valence-electron chi connectivity index (χ1n) is 4.92. The smallest absolute Gasteiger partial charge is 0.137 e. The number of anilines is 1. The van der Waals surface area contributed by atoms with E-state index in [0.29, 0.717) is 22.4 Å². The summed E-state index contributed by atoms with van der Waals surface area (Å²) >= 11 is 5.92. The maximum absolute atomic E-state index is 9.18. The standard InChI is InChI=1S/C10H16ClN3O2/c1-6-8(11)12-7(2)13-9(6)14-10(3,4-15)5-16/h15-16H,4-5H2,1-3H3,(H,12,13,14). The SMILES string of the molecule is Cc1nc(Cl)c(C)c(NC(C)(CO)CO)n1. The lowest BCUT2D eigenvalue weighted by Gasteiger charge is -2.27. The quantitative estimate of drug-likeness (QED) is 0.687. The molecule has 0 aliphatic heterocycles. The molecule has 1 rings (SSSR count). The fraction of sp³-hybridized carbons (Fsp3) is 0.600. The summed E-state index contributed by atoms with van der Waals surface area (Å²) in [5.74, 6) is 1.07. The Kier molecular flexibility index (Phi) is 4.07. The fourth-order valence-electron chi connectivity index (χ4n) is 1.13. The Morgan fingerprint density at radius 2 is 1.81 bits per heavy atom. The van der Waals surface area contributed by atoms with Crippen LogP contribution < -0.4 is 5.32 Å². The van der Waals surface area contributed by atoms with Gasteiger partial charge in [-0.25, -0.2) is 9.97 Å². The van der Waals surface area contributed by atoms with Crippen LogP contribution in [0.1, 0.15) is 18.3 Å². The fourth-order valence-corrected chi connectivity index (χ4v) is 1.34. The van der Waals surface area contributed by atoms with Crippen molar-refractivity contribution in [3.8, 4) is 0 Å². The minimum Gasteiger partial charge on any atom is -0.394 e. The second-order valence-corrected chi connectivity index (χ2v) is 4.40. The Hall–Kier alpha value is -0.910. The van der Waals surface area contributed by atoms with Crippen LogP contribution in [0.2, 0.25) is 5.15 Å². The first kappa shape index (κ1) is 13.2. The van der Waals surface area contributed by atoms with Gasteiger partial charge in [0.05, 0.1) is 18.8 Å². The van der Waals surface area contributed by atoms with Crippen LogP contribution in [0, 0.1) is 13.8 Å². The molecule has 3 N–H and O–H groups in total. The number of aliphatic hydroxyl groups is 2. The summed E-state index contributed by atoms with van der Waals surface area (Å²) in [5, 5.41) is 21.7. The molecule has 0 unspecified atom stereocenters. The molecule has 0 spiro atoms. The van der Waals surface area contributed by atoms with Crippen molar-refractivity contribution in [2.75, 3.05) is 18.5 Å². The molecule has 0 amide bonds. The van der Waals surface area contributed by atoms with Crippen LogP contribution in [-0.4, -0.2) is 38.9 Å². The first-order chi connectivity index (χ1) is 7.41. The average Bonchev–Trinajstić information content (AvgIpc) is 2.25. The van der Waals surface area contributed by atoms with Crippen LogP contribution in [0.15, 0.2) is 0 Å². The summed E-state index contributed by atoms with van der Waals surface area (Å²) < 4.78 is 0. The minimum absolute atomic E-state index is 0.205. The number of aliphatic hydroxyl groups excluding tert-OH is 2. The van der Waals surface area contributed by atoms with Gasteiger partial charge in [-0.1, -0.05) is 11.6 Å². The molecular formula is C10H16ClN3O2. The van der Waals surface area contributed by atoms with Crippen molar-refractivity contribution in [3.63, 3.8) is 0 Å². The zero-order valence-electron chi connectivity index (χ0n) is 9.58. The Bertz CT molecular complexity index is 381. The maximum atomic E-state index is 9.18.